The average Bonchev–Trinajstić information content (AvgIpc) is 2.95. The minimum absolute atomic E-state index is 0.0420. The molecule has 1 N–H and O–H groups in total. The van der Waals surface area contributed by atoms with Gasteiger partial charge in [-0.3, -0.25) is 4.79 Å². The van der Waals surface area contributed by atoms with Crippen LogP contribution in [0, 0.1) is 0 Å². The summed E-state index contributed by atoms with van der Waals surface area (Å²) in [7, 11) is 1.23. The van der Waals surface area contributed by atoms with Crippen molar-refractivity contribution in [3.8, 4) is 5.75 Å². The number of halogens is 3. The summed E-state index contributed by atoms with van der Waals surface area (Å²) in [5, 5.41) is 3.23. The number of hydrogen-bond acceptors (Lipinski definition) is 5. The summed E-state index contributed by atoms with van der Waals surface area (Å²) >= 11 is 18.2. The number of hydrogen-bond donors (Lipinski definition) is 1. The van der Waals surface area contributed by atoms with Crippen molar-refractivity contribution in [1.82, 2.24) is 5.32 Å². The third kappa shape index (κ3) is 4.64. The predicted molar refractivity (Wildman–Crippen MR) is 109 cm³/mol. The Labute approximate surface area is 180 Å². The maximum Gasteiger partial charge on any atom is 0.343 e. The number of esters is 1. The summed E-state index contributed by atoms with van der Waals surface area (Å²) in [6.45, 7) is -0.360. The van der Waals surface area contributed by atoms with Crippen LogP contribution in [-0.2, 0) is 14.3 Å². The number of ether oxygens (including phenoxy) is 2. The molecule has 1 fully saturated rings. The van der Waals surface area contributed by atoms with E-state index >= 15 is 0 Å². The van der Waals surface area contributed by atoms with Crippen LogP contribution in [0.3, 0.4) is 0 Å². The molecular formula is C19H13Cl3N2O5. The molecule has 29 heavy (non-hydrogen) atoms. The van der Waals surface area contributed by atoms with Gasteiger partial charge >= 0.3 is 12.0 Å². The largest absolute Gasteiger partial charge is 0.479 e. The fourth-order valence-electron chi connectivity index (χ4n) is 2.52. The minimum Gasteiger partial charge on any atom is -0.479 e. The number of nitrogens with zero attached hydrogens (tertiary/aromatic N) is 1. The van der Waals surface area contributed by atoms with E-state index in [2.05, 4.69) is 10.1 Å². The highest BCUT2D eigenvalue weighted by molar-refractivity contribution is 6.37. The molecule has 2 aromatic rings. The van der Waals surface area contributed by atoms with Crippen LogP contribution < -0.4 is 15.0 Å². The molecular weight excluding hydrogens is 443 g/mol. The van der Waals surface area contributed by atoms with Crippen LogP contribution in [-0.4, -0.2) is 31.6 Å². The summed E-state index contributed by atoms with van der Waals surface area (Å²) in [4.78, 5) is 37.1. The first-order valence-electron chi connectivity index (χ1n) is 8.11. The van der Waals surface area contributed by atoms with Gasteiger partial charge in [0.1, 0.15) is 5.70 Å². The van der Waals surface area contributed by atoms with Crippen molar-refractivity contribution < 1.29 is 23.9 Å². The molecule has 0 unspecified atom stereocenters. The van der Waals surface area contributed by atoms with Gasteiger partial charge in [0.15, 0.2) is 12.4 Å². The molecule has 0 bridgehead atoms. The third-order valence-electron chi connectivity index (χ3n) is 3.86. The first-order chi connectivity index (χ1) is 13.8. The van der Waals surface area contributed by atoms with E-state index in [4.69, 9.17) is 39.5 Å². The van der Waals surface area contributed by atoms with Gasteiger partial charge in [0.25, 0.3) is 5.91 Å². The molecule has 0 radical (unpaired) electrons. The Morgan fingerprint density at radius 3 is 2.31 bits per heavy atom. The molecule has 0 aromatic heterocycles. The van der Waals surface area contributed by atoms with Gasteiger partial charge in [-0.05, 0) is 48.0 Å². The molecule has 1 heterocycles. The van der Waals surface area contributed by atoms with Gasteiger partial charge in [-0.15, -0.1) is 0 Å². The number of benzene rings is 2. The van der Waals surface area contributed by atoms with Crippen LogP contribution in [0.1, 0.15) is 5.56 Å². The van der Waals surface area contributed by atoms with Crippen molar-refractivity contribution in [2.45, 2.75) is 0 Å². The number of nitrogens with one attached hydrogen (secondary N) is 1. The highest BCUT2D eigenvalue weighted by Crippen LogP contribution is 2.35. The van der Waals surface area contributed by atoms with E-state index in [1.54, 1.807) is 24.3 Å². The van der Waals surface area contributed by atoms with Gasteiger partial charge < -0.3 is 14.8 Å². The third-order valence-corrected chi connectivity index (χ3v) is 4.67. The first-order valence-corrected chi connectivity index (χ1v) is 9.25. The standard InChI is InChI=1S/C19H13Cl3N2O5/c1-28-16(25)9-29-17-13(21)6-10(7-14(17)22)8-15-18(26)24(19(27)23-15)12-4-2-11(20)3-5-12/h2-8H,9H2,1H3,(H,23,27)/b15-8+. The van der Waals surface area contributed by atoms with Crippen LogP contribution >= 0.6 is 34.8 Å². The zero-order chi connectivity index (χ0) is 21.1. The van der Waals surface area contributed by atoms with E-state index in [-0.39, 0.29) is 28.1 Å². The Kier molecular flexibility index (Phi) is 6.32. The SMILES string of the molecule is COC(=O)COc1c(Cl)cc(/C=C2/NC(=O)N(c3ccc(Cl)cc3)C2=O)cc1Cl. The van der Waals surface area contributed by atoms with Gasteiger partial charge in [0.05, 0.1) is 22.8 Å². The van der Waals surface area contributed by atoms with Crippen molar-refractivity contribution in [2.24, 2.45) is 0 Å². The van der Waals surface area contributed by atoms with Gasteiger partial charge in [-0.1, -0.05) is 34.8 Å². The van der Waals surface area contributed by atoms with E-state index in [9.17, 15) is 14.4 Å². The Balaban J connectivity index is 1.84. The average molecular weight is 456 g/mol. The minimum atomic E-state index is -0.598. The number of carbonyl (C=O) groups excluding carboxylic acids is 3. The maximum atomic E-state index is 12.7. The van der Waals surface area contributed by atoms with Crippen molar-refractivity contribution in [2.75, 3.05) is 18.6 Å². The first kappa shape index (κ1) is 21.0. The molecule has 1 saturated heterocycles. The molecule has 3 rings (SSSR count). The second-order valence-electron chi connectivity index (χ2n) is 5.78. The number of urea groups is 1. The molecule has 3 amide bonds. The van der Waals surface area contributed by atoms with Crippen LogP contribution in [0.4, 0.5) is 10.5 Å². The molecule has 0 atom stereocenters. The number of amides is 3. The predicted octanol–water partition coefficient (Wildman–Crippen LogP) is 4.30. The monoisotopic (exact) mass is 454 g/mol. The van der Waals surface area contributed by atoms with Crippen molar-refractivity contribution in [1.29, 1.82) is 0 Å². The lowest BCUT2D eigenvalue weighted by atomic mass is 10.1. The van der Waals surface area contributed by atoms with E-state index in [1.165, 1.54) is 25.3 Å². The summed E-state index contributed by atoms with van der Waals surface area (Å²) in [6, 6.07) is 8.64. The Morgan fingerprint density at radius 2 is 1.72 bits per heavy atom. The lowest BCUT2D eigenvalue weighted by molar-refractivity contribution is -0.142. The molecule has 1 aliphatic rings. The van der Waals surface area contributed by atoms with E-state index in [0.717, 1.165) is 4.90 Å². The van der Waals surface area contributed by atoms with E-state index in [0.29, 0.717) is 16.3 Å². The normalized spacial score (nSPS) is 14.9. The van der Waals surface area contributed by atoms with Crippen molar-refractivity contribution in [3.63, 3.8) is 0 Å². The molecule has 150 valence electrons. The lowest BCUT2D eigenvalue weighted by Gasteiger charge is -2.11. The Bertz CT molecular complexity index is 998. The molecule has 0 aliphatic carbocycles. The van der Waals surface area contributed by atoms with E-state index < -0.39 is 17.9 Å². The summed E-state index contributed by atoms with van der Waals surface area (Å²) < 4.78 is 9.74. The summed E-state index contributed by atoms with van der Waals surface area (Å²) in [6.07, 6.45) is 1.43. The zero-order valence-corrected chi connectivity index (χ0v) is 17.1. The van der Waals surface area contributed by atoms with Crippen LogP contribution in [0.2, 0.25) is 15.1 Å². The lowest BCUT2D eigenvalue weighted by Crippen LogP contribution is -2.30. The fraction of sp³-hybridized carbons (Fsp3) is 0.105. The van der Waals surface area contributed by atoms with Gasteiger partial charge in [-0.2, -0.15) is 0 Å². The number of imide groups is 1. The second kappa shape index (κ2) is 8.73. The summed E-state index contributed by atoms with van der Waals surface area (Å²) in [5.41, 5.74) is 0.871. The smallest absolute Gasteiger partial charge is 0.343 e. The van der Waals surface area contributed by atoms with Crippen molar-refractivity contribution in [3.05, 3.63) is 62.7 Å². The molecule has 2 aromatic carbocycles. The highest BCUT2D eigenvalue weighted by Gasteiger charge is 2.34. The molecule has 1 aliphatic heterocycles. The van der Waals surface area contributed by atoms with Gasteiger partial charge in [0.2, 0.25) is 0 Å². The van der Waals surface area contributed by atoms with Crippen LogP contribution in [0.25, 0.3) is 6.08 Å². The number of anilines is 1. The highest BCUT2D eigenvalue weighted by atomic mass is 35.5. The Morgan fingerprint density at radius 1 is 1.10 bits per heavy atom. The second-order valence-corrected chi connectivity index (χ2v) is 7.03. The van der Waals surface area contributed by atoms with Gasteiger partial charge in [-0.25, -0.2) is 14.5 Å². The van der Waals surface area contributed by atoms with Crippen LogP contribution in [0.5, 0.6) is 5.75 Å². The molecule has 0 spiro atoms. The molecule has 0 saturated carbocycles. The van der Waals surface area contributed by atoms with Crippen LogP contribution in [0.15, 0.2) is 42.1 Å². The number of methoxy groups -OCH3 is 1. The molecule has 10 heteroatoms. The topological polar surface area (TPSA) is 84.9 Å². The number of rotatable bonds is 5. The molecule has 7 nitrogen and oxygen atoms in total. The van der Waals surface area contributed by atoms with Gasteiger partial charge in [0, 0.05) is 5.02 Å². The van der Waals surface area contributed by atoms with E-state index in [1.807, 2.05) is 0 Å². The Hall–Kier alpha value is -2.74. The number of carbonyl (C=O) groups is 3. The quantitative estimate of drug-likeness (QED) is 0.413. The maximum absolute atomic E-state index is 12.7. The van der Waals surface area contributed by atoms with Crippen molar-refractivity contribution >= 4 is 64.5 Å². The zero-order valence-electron chi connectivity index (χ0n) is 14.9. The summed E-state index contributed by atoms with van der Waals surface area (Å²) in [5.74, 6) is -1.04. The fourth-order valence-corrected chi connectivity index (χ4v) is 3.26.